The second kappa shape index (κ2) is 7.92. The Morgan fingerprint density at radius 2 is 1.93 bits per heavy atom. The molecule has 0 aliphatic carbocycles. The van der Waals surface area contributed by atoms with Crippen LogP contribution >= 0.6 is 15.9 Å². The third-order valence-corrected chi connectivity index (χ3v) is 5.05. The van der Waals surface area contributed by atoms with Crippen LogP contribution in [0.4, 0.5) is 5.69 Å². The van der Waals surface area contributed by atoms with Crippen LogP contribution in [0, 0.1) is 0 Å². The average Bonchev–Trinajstić information content (AvgIpc) is 3.38. The van der Waals surface area contributed by atoms with Crippen LogP contribution < -0.4 is 10.2 Å². The lowest BCUT2D eigenvalue weighted by molar-refractivity contribution is 0.0907. The molecule has 7 heteroatoms. The van der Waals surface area contributed by atoms with Gasteiger partial charge in [0.05, 0.1) is 0 Å². The number of benzene rings is 2. The highest BCUT2D eigenvalue weighted by Crippen LogP contribution is 2.24. The maximum absolute atomic E-state index is 12.2. The van der Waals surface area contributed by atoms with Crippen LogP contribution in [0.1, 0.15) is 29.1 Å². The number of aromatic nitrogens is 2. The van der Waals surface area contributed by atoms with Crippen LogP contribution in [-0.2, 0) is 6.54 Å². The fourth-order valence-corrected chi connectivity index (χ4v) is 3.58. The molecule has 4 rings (SSSR count). The molecule has 1 saturated heterocycles. The molecule has 0 spiro atoms. The molecule has 1 aromatic heterocycles. The van der Waals surface area contributed by atoms with Crippen LogP contribution in [0.15, 0.2) is 57.5 Å². The zero-order valence-electron chi connectivity index (χ0n) is 14.7. The van der Waals surface area contributed by atoms with Gasteiger partial charge in [-0.3, -0.25) is 4.79 Å². The normalized spacial score (nSPS) is 13.7. The number of amides is 1. The van der Waals surface area contributed by atoms with Crippen molar-refractivity contribution in [1.29, 1.82) is 0 Å². The van der Waals surface area contributed by atoms with Crippen molar-refractivity contribution in [2.75, 3.05) is 18.0 Å². The standard InChI is InChI=1S/C20H19BrN4O2/c21-16-5-3-4-14(12-16)13-22-19(26)20-23-18(24-27-20)15-6-8-17(9-7-15)25-10-1-2-11-25/h3-9,12H,1-2,10-11,13H2,(H,22,26). The first-order chi connectivity index (χ1) is 13.2. The fraction of sp³-hybridized carbons (Fsp3) is 0.250. The van der Waals surface area contributed by atoms with E-state index in [0.717, 1.165) is 28.7 Å². The SMILES string of the molecule is O=C(NCc1cccc(Br)c1)c1nc(-c2ccc(N3CCCC3)cc2)no1. The molecule has 1 aliphatic heterocycles. The van der Waals surface area contributed by atoms with Crippen LogP contribution in [0.2, 0.25) is 0 Å². The molecule has 27 heavy (non-hydrogen) atoms. The minimum absolute atomic E-state index is 0.0383. The molecular formula is C20H19BrN4O2. The molecule has 0 atom stereocenters. The third-order valence-electron chi connectivity index (χ3n) is 4.56. The van der Waals surface area contributed by atoms with Crippen LogP contribution in [0.5, 0.6) is 0 Å². The van der Waals surface area contributed by atoms with Gasteiger partial charge in [-0.1, -0.05) is 33.2 Å². The van der Waals surface area contributed by atoms with Gasteiger partial charge in [-0.05, 0) is 54.8 Å². The van der Waals surface area contributed by atoms with Crippen molar-refractivity contribution >= 4 is 27.5 Å². The van der Waals surface area contributed by atoms with Crippen LogP contribution in [-0.4, -0.2) is 29.1 Å². The minimum Gasteiger partial charge on any atom is -0.372 e. The lowest BCUT2D eigenvalue weighted by atomic mass is 10.2. The maximum Gasteiger partial charge on any atom is 0.316 e. The fourth-order valence-electron chi connectivity index (χ4n) is 3.13. The number of hydrogen-bond acceptors (Lipinski definition) is 5. The largest absolute Gasteiger partial charge is 0.372 e. The van der Waals surface area contributed by atoms with Gasteiger partial charge < -0.3 is 14.7 Å². The van der Waals surface area contributed by atoms with E-state index in [1.165, 1.54) is 18.5 Å². The summed E-state index contributed by atoms with van der Waals surface area (Å²) in [6.45, 7) is 2.59. The van der Waals surface area contributed by atoms with Crippen molar-refractivity contribution in [2.24, 2.45) is 0 Å². The second-order valence-electron chi connectivity index (χ2n) is 6.48. The highest BCUT2D eigenvalue weighted by atomic mass is 79.9. The predicted molar refractivity (Wildman–Crippen MR) is 106 cm³/mol. The summed E-state index contributed by atoms with van der Waals surface area (Å²) in [5.41, 5.74) is 3.01. The van der Waals surface area contributed by atoms with Gasteiger partial charge in [0, 0.05) is 35.4 Å². The molecule has 1 amide bonds. The van der Waals surface area contributed by atoms with Crippen LogP contribution in [0.25, 0.3) is 11.4 Å². The van der Waals surface area contributed by atoms with E-state index < -0.39 is 0 Å². The van der Waals surface area contributed by atoms with Crippen molar-refractivity contribution in [1.82, 2.24) is 15.5 Å². The van der Waals surface area contributed by atoms with Crippen molar-refractivity contribution in [2.45, 2.75) is 19.4 Å². The molecule has 1 N–H and O–H groups in total. The number of nitrogens with one attached hydrogen (secondary N) is 1. The molecule has 6 nitrogen and oxygen atoms in total. The Morgan fingerprint density at radius 1 is 1.15 bits per heavy atom. The summed E-state index contributed by atoms with van der Waals surface area (Å²) in [7, 11) is 0. The number of nitrogens with zero attached hydrogens (tertiary/aromatic N) is 3. The van der Waals surface area contributed by atoms with Crippen molar-refractivity contribution in [3.63, 3.8) is 0 Å². The van der Waals surface area contributed by atoms with E-state index in [9.17, 15) is 4.79 Å². The molecule has 1 fully saturated rings. The van der Waals surface area contributed by atoms with Gasteiger partial charge in [0.2, 0.25) is 5.82 Å². The van der Waals surface area contributed by atoms with Gasteiger partial charge in [-0.15, -0.1) is 0 Å². The Hall–Kier alpha value is -2.67. The summed E-state index contributed by atoms with van der Waals surface area (Å²) in [5.74, 6) is -0.0124. The average molecular weight is 427 g/mol. The molecule has 3 aromatic rings. The number of rotatable bonds is 5. The van der Waals surface area contributed by atoms with Gasteiger partial charge in [0.25, 0.3) is 0 Å². The van der Waals surface area contributed by atoms with E-state index in [4.69, 9.17) is 4.52 Å². The zero-order valence-corrected chi connectivity index (χ0v) is 16.3. The molecule has 0 bridgehead atoms. The van der Waals surface area contributed by atoms with Gasteiger partial charge in [-0.2, -0.15) is 4.98 Å². The Balaban J connectivity index is 1.40. The molecule has 1 aliphatic rings. The summed E-state index contributed by atoms with van der Waals surface area (Å²) in [5, 5.41) is 6.73. The predicted octanol–water partition coefficient (Wildman–Crippen LogP) is 4.03. The van der Waals surface area contributed by atoms with E-state index in [1.807, 2.05) is 36.4 Å². The quantitative estimate of drug-likeness (QED) is 0.666. The topological polar surface area (TPSA) is 71.3 Å². The molecule has 0 unspecified atom stereocenters. The van der Waals surface area contributed by atoms with Gasteiger partial charge in [0.1, 0.15) is 0 Å². The lowest BCUT2D eigenvalue weighted by Crippen LogP contribution is -2.23. The van der Waals surface area contributed by atoms with E-state index in [1.54, 1.807) is 0 Å². The maximum atomic E-state index is 12.2. The summed E-state index contributed by atoms with van der Waals surface area (Å²) < 4.78 is 6.09. The van der Waals surface area contributed by atoms with Gasteiger partial charge >= 0.3 is 11.8 Å². The molecule has 0 radical (unpaired) electrons. The monoisotopic (exact) mass is 426 g/mol. The number of halogens is 1. The molecule has 0 saturated carbocycles. The first kappa shape index (κ1) is 17.7. The van der Waals surface area contributed by atoms with Crippen molar-refractivity contribution in [3.05, 3.63) is 64.5 Å². The summed E-state index contributed by atoms with van der Waals surface area (Å²) in [4.78, 5) is 18.8. The second-order valence-corrected chi connectivity index (χ2v) is 7.39. The number of hydrogen-bond donors (Lipinski definition) is 1. The Bertz CT molecular complexity index is 933. The Labute approximate surface area is 165 Å². The van der Waals surface area contributed by atoms with Crippen molar-refractivity contribution < 1.29 is 9.32 Å². The summed E-state index contributed by atoms with van der Waals surface area (Å²) >= 11 is 3.41. The molecule has 2 aromatic carbocycles. The highest BCUT2D eigenvalue weighted by Gasteiger charge is 2.17. The first-order valence-electron chi connectivity index (χ1n) is 8.91. The Morgan fingerprint density at radius 3 is 2.67 bits per heavy atom. The number of carbonyl (C=O) groups excluding carboxylic acids is 1. The van der Waals surface area contributed by atoms with E-state index in [0.29, 0.717) is 12.4 Å². The third kappa shape index (κ3) is 4.19. The smallest absolute Gasteiger partial charge is 0.316 e. The summed E-state index contributed by atoms with van der Waals surface area (Å²) in [6.07, 6.45) is 2.48. The van der Waals surface area contributed by atoms with Gasteiger partial charge in [-0.25, -0.2) is 0 Å². The number of anilines is 1. The highest BCUT2D eigenvalue weighted by molar-refractivity contribution is 9.10. The summed E-state index contributed by atoms with van der Waals surface area (Å²) in [6, 6.07) is 15.8. The molecular weight excluding hydrogens is 408 g/mol. The van der Waals surface area contributed by atoms with E-state index >= 15 is 0 Å². The van der Waals surface area contributed by atoms with Crippen LogP contribution in [0.3, 0.4) is 0 Å². The van der Waals surface area contributed by atoms with E-state index in [2.05, 4.69) is 48.4 Å². The molecule has 138 valence electrons. The first-order valence-corrected chi connectivity index (χ1v) is 9.70. The van der Waals surface area contributed by atoms with E-state index in [-0.39, 0.29) is 11.8 Å². The molecule has 2 heterocycles. The van der Waals surface area contributed by atoms with Crippen molar-refractivity contribution in [3.8, 4) is 11.4 Å². The Kier molecular flexibility index (Phi) is 5.20. The van der Waals surface area contributed by atoms with Gasteiger partial charge in [0.15, 0.2) is 0 Å². The lowest BCUT2D eigenvalue weighted by Gasteiger charge is -2.17. The zero-order chi connectivity index (χ0) is 18.6. The minimum atomic E-state index is -0.387. The number of carbonyl (C=O) groups is 1.